The minimum Gasteiger partial charge on any atom is -0.338 e. The van der Waals surface area contributed by atoms with E-state index in [-0.39, 0.29) is 6.04 Å². The van der Waals surface area contributed by atoms with E-state index in [0.717, 1.165) is 18.1 Å². The molecule has 0 radical (unpaired) electrons. The Labute approximate surface area is 137 Å². The highest BCUT2D eigenvalue weighted by Crippen LogP contribution is 2.30. The largest absolute Gasteiger partial charge is 0.338 e. The van der Waals surface area contributed by atoms with Gasteiger partial charge in [-0.3, -0.25) is 4.68 Å². The summed E-state index contributed by atoms with van der Waals surface area (Å²) in [5.41, 5.74) is 2.25. The Morgan fingerprint density at radius 3 is 2.78 bits per heavy atom. The van der Waals surface area contributed by atoms with Crippen LogP contribution in [0.15, 0.2) is 10.6 Å². The molecule has 23 heavy (non-hydrogen) atoms. The summed E-state index contributed by atoms with van der Waals surface area (Å²) in [6, 6.07) is 2.39. The summed E-state index contributed by atoms with van der Waals surface area (Å²) in [5.74, 6) is 2.08. The maximum absolute atomic E-state index is 5.40. The molecule has 6 heteroatoms. The minimum absolute atomic E-state index is 0.290. The maximum Gasteiger partial charge on any atom is 0.240 e. The van der Waals surface area contributed by atoms with Gasteiger partial charge in [0.15, 0.2) is 5.82 Å². The van der Waals surface area contributed by atoms with Crippen LogP contribution in [-0.4, -0.2) is 26.0 Å². The molecule has 2 aromatic rings. The summed E-state index contributed by atoms with van der Waals surface area (Å²) < 4.78 is 7.44. The molecule has 6 nitrogen and oxygen atoms in total. The Balaban J connectivity index is 1.50. The fraction of sp³-hybridized carbons (Fsp3) is 0.706. The highest BCUT2D eigenvalue weighted by atomic mass is 16.5. The van der Waals surface area contributed by atoms with Crippen molar-refractivity contribution in [3.8, 4) is 0 Å². The summed E-state index contributed by atoms with van der Waals surface area (Å²) in [5, 5.41) is 12.1. The molecule has 2 heterocycles. The molecule has 1 fully saturated rings. The van der Waals surface area contributed by atoms with Gasteiger partial charge in [-0.25, -0.2) is 0 Å². The number of rotatable bonds is 6. The van der Waals surface area contributed by atoms with Crippen molar-refractivity contribution in [2.75, 3.05) is 0 Å². The monoisotopic (exact) mass is 317 g/mol. The van der Waals surface area contributed by atoms with Gasteiger partial charge >= 0.3 is 0 Å². The first-order chi connectivity index (χ1) is 11.1. The van der Waals surface area contributed by atoms with Gasteiger partial charge in [0.25, 0.3) is 0 Å². The summed E-state index contributed by atoms with van der Waals surface area (Å²) in [4.78, 5) is 4.57. The molecule has 0 bridgehead atoms. The third kappa shape index (κ3) is 4.19. The van der Waals surface area contributed by atoms with E-state index in [1.807, 2.05) is 11.6 Å². The number of aromatic nitrogens is 4. The van der Waals surface area contributed by atoms with Crippen molar-refractivity contribution < 1.29 is 4.52 Å². The van der Waals surface area contributed by atoms with Gasteiger partial charge in [-0.05, 0) is 39.7 Å². The lowest BCUT2D eigenvalue weighted by Gasteiger charge is -2.17. The average molecular weight is 317 g/mol. The Kier molecular flexibility index (Phi) is 5.10. The fourth-order valence-electron chi connectivity index (χ4n) is 3.31. The molecule has 3 rings (SSSR count). The van der Waals surface area contributed by atoms with Gasteiger partial charge in [-0.15, -0.1) is 0 Å². The average Bonchev–Trinajstić information content (AvgIpc) is 3.13. The number of hydrogen-bond acceptors (Lipinski definition) is 5. The van der Waals surface area contributed by atoms with Crippen molar-refractivity contribution >= 4 is 0 Å². The molecule has 1 aliphatic rings. The van der Waals surface area contributed by atoms with Gasteiger partial charge in [-0.1, -0.05) is 24.4 Å². The molecule has 0 saturated heterocycles. The van der Waals surface area contributed by atoms with Gasteiger partial charge in [0, 0.05) is 17.7 Å². The second kappa shape index (κ2) is 7.25. The fourth-order valence-corrected chi connectivity index (χ4v) is 3.31. The third-order valence-electron chi connectivity index (χ3n) is 4.61. The zero-order chi connectivity index (χ0) is 16.2. The molecule has 1 saturated carbocycles. The lowest BCUT2D eigenvalue weighted by atomic mass is 9.89. The van der Waals surface area contributed by atoms with Crippen molar-refractivity contribution in [2.24, 2.45) is 0 Å². The Hall–Kier alpha value is -1.69. The molecule has 0 unspecified atom stereocenters. The van der Waals surface area contributed by atoms with E-state index >= 15 is 0 Å². The van der Waals surface area contributed by atoms with Gasteiger partial charge < -0.3 is 9.84 Å². The van der Waals surface area contributed by atoms with Gasteiger partial charge in [0.1, 0.15) is 0 Å². The van der Waals surface area contributed by atoms with Crippen molar-refractivity contribution in [1.29, 1.82) is 0 Å². The quantitative estimate of drug-likeness (QED) is 0.886. The molecule has 126 valence electrons. The maximum atomic E-state index is 5.40. The Morgan fingerprint density at radius 2 is 2.09 bits per heavy atom. The molecular formula is C17H27N5O. The number of hydrogen-bond donors (Lipinski definition) is 1. The molecular weight excluding hydrogens is 290 g/mol. The lowest BCUT2D eigenvalue weighted by Crippen LogP contribution is -2.30. The highest BCUT2D eigenvalue weighted by molar-refractivity contribution is 5.06. The first kappa shape index (κ1) is 16.2. The Morgan fingerprint density at radius 1 is 1.30 bits per heavy atom. The van der Waals surface area contributed by atoms with E-state index in [0.29, 0.717) is 18.4 Å². The van der Waals surface area contributed by atoms with Crippen molar-refractivity contribution in [2.45, 2.75) is 77.9 Å². The van der Waals surface area contributed by atoms with E-state index in [1.54, 1.807) is 0 Å². The van der Waals surface area contributed by atoms with Crippen LogP contribution in [0.5, 0.6) is 0 Å². The van der Waals surface area contributed by atoms with Crippen LogP contribution < -0.4 is 5.32 Å². The SMILES string of the molecule is Cc1cc(C)n(C[C@H](C)NCc2nc(C3CCCCC3)no2)n1. The predicted octanol–water partition coefficient (Wildman–Crippen LogP) is 3.11. The standard InChI is InChI=1S/C17H27N5O/c1-12-9-14(3)22(20-12)11-13(2)18-10-16-19-17(21-23-16)15-7-5-4-6-8-15/h9,13,15,18H,4-8,10-11H2,1-3H3/t13-/m0/s1. The number of aryl methyl sites for hydroxylation is 2. The van der Waals surface area contributed by atoms with Crippen LogP contribution in [0.3, 0.4) is 0 Å². The molecule has 1 atom stereocenters. The minimum atomic E-state index is 0.290. The van der Waals surface area contributed by atoms with Crippen LogP contribution in [-0.2, 0) is 13.1 Å². The number of nitrogens with one attached hydrogen (secondary N) is 1. The molecule has 2 aromatic heterocycles. The lowest BCUT2D eigenvalue weighted by molar-refractivity contribution is 0.339. The predicted molar refractivity (Wildman–Crippen MR) is 88.1 cm³/mol. The van der Waals surface area contributed by atoms with E-state index in [2.05, 4.69) is 40.5 Å². The summed E-state index contributed by atoms with van der Waals surface area (Å²) >= 11 is 0. The van der Waals surface area contributed by atoms with E-state index in [9.17, 15) is 0 Å². The molecule has 0 amide bonds. The van der Waals surface area contributed by atoms with E-state index in [4.69, 9.17) is 4.52 Å². The normalized spacial score (nSPS) is 17.5. The van der Waals surface area contributed by atoms with Crippen LogP contribution in [0.4, 0.5) is 0 Å². The van der Waals surface area contributed by atoms with Gasteiger partial charge in [-0.2, -0.15) is 10.1 Å². The van der Waals surface area contributed by atoms with Crippen LogP contribution in [0.1, 0.15) is 68.0 Å². The highest BCUT2D eigenvalue weighted by Gasteiger charge is 2.21. The molecule has 0 aromatic carbocycles. The van der Waals surface area contributed by atoms with Crippen molar-refractivity contribution in [1.82, 2.24) is 25.2 Å². The summed E-state index contributed by atoms with van der Waals surface area (Å²) in [6.07, 6.45) is 6.30. The zero-order valence-electron chi connectivity index (χ0n) is 14.4. The topological polar surface area (TPSA) is 68.8 Å². The third-order valence-corrected chi connectivity index (χ3v) is 4.61. The first-order valence-corrected chi connectivity index (χ1v) is 8.68. The van der Waals surface area contributed by atoms with Crippen molar-refractivity contribution in [3.63, 3.8) is 0 Å². The summed E-state index contributed by atoms with van der Waals surface area (Å²) in [7, 11) is 0. The zero-order valence-corrected chi connectivity index (χ0v) is 14.4. The molecule has 0 aliphatic heterocycles. The van der Waals surface area contributed by atoms with E-state index in [1.165, 1.54) is 37.8 Å². The Bertz CT molecular complexity index is 627. The molecule has 1 N–H and O–H groups in total. The van der Waals surface area contributed by atoms with Crippen LogP contribution in [0.25, 0.3) is 0 Å². The van der Waals surface area contributed by atoms with Crippen LogP contribution in [0, 0.1) is 13.8 Å². The van der Waals surface area contributed by atoms with Crippen LogP contribution >= 0.6 is 0 Å². The smallest absolute Gasteiger partial charge is 0.240 e. The molecule has 0 spiro atoms. The number of nitrogens with zero attached hydrogens (tertiary/aromatic N) is 4. The van der Waals surface area contributed by atoms with E-state index < -0.39 is 0 Å². The molecule has 1 aliphatic carbocycles. The van der Waals surface area contributed by atoms with Crippen molar-refractivity contribution in [3.05, 3.63) is 29.2 Å². The second-order valence-corrected chi connectivity index (χ2v) is 6.77. The second-order valence-electron chi connectivity index (χ2n) is 6.77. The van der Waals surface area contributed by atoms with Gasteiger partial charge in [0.2, 0.25) is 5.89 Å². The van der Waals surface area contributed by atoms with Gasteiger partial charge in [0.05, 0.1) is 18.8 Å². The van der Waals surface area contributed by atoms with Crippen LogP contribution in [0.2, 0.25) is 0 Å². The summed E-state index contributed by atoms with van der Waals surface area (Å²) in [6.45, 7) is 7.70. The first-order valence-electron chi connectivity index (χ1n) is 8.68.